The van der Waals surface area contributed by atoms with Crippen LogP contribution >= 0.6 is 7.60 Å². The van der Waals surface area contributed by atoms with Crippen LogP contribution in [0.1, 0.15) is 12.6 Å². The molecule has 3 heterocycles. The summed E-state index contributed by atoms with van der Waals surface area (Å²) in [5.41, 5.74) is 6.27. The molecule has 120 valence electrons. The maximum atomic E-state index is 14.1. The minimum Gasteiger partial charge on any atom is -0.382 e. The molecule has 0 radical (unpaired) electrons. The third-order valence-corrected chi connectivity index (χ3v) is 3.59. The van der Waals surface area contributed by atoms with Gasteiger partial charge in [0, 0.05) is 6.42 Å². The van der Waals surface area contributed by atoms with Crippen LogP contribution < -0.4 is 5.73 Å². The normalized spacial score (nSPS) is 25.9. The second kappa shape index (κ2) is 5.52. The summed E-state index contributed by atoms with van der Waals surface area (Å²) in [6, 6.07) is 0. The van der Waals surface area contributed by atoms with Crippen LogP contribution in [-0.2, 0) is 14.0 Å². The summed E-state index contributed by atoms with van der Waals surface area (Å²) in [7, 11) is -4.34. The van der Waals surface area contributed by atoms with Crippen LogP contribution in [0.2, 0.25) is 0 Å². The maximum absolute atomic E-state index is 14.1. The Hall–Kier alpha value is -1.65. The zero-order valence-electron chi connectivity index (χ0n) is 11.1. The topological polar surface area (TPSA) is 146 Å². The standard InChI is InChI=1S/C10H13FN5O5P/c11-5-1-6(20-4-22(17,18)19)21-10(5)16-3-15-7-8(12)13-2-14-9(7)16/h2-3,5-6,10H,1,4H2,(H2,12,13,14)(H2,17,18,19)/t5-,6-,10+/m0/s1. The summed E-state index contributed by atoms with van der Waals surface area (Å²) < 4.78 is 36.5. The van der Waals surface area contributed by atoms with Crippen molar-refractivity contribution in [2.45, 2.75) is 25.1 Å². The predicted molar refractivity (Wildman–Crippen MR) is 71.2 cm³/mol. The summed E-state index contributed by atoms with van der Waals surface area (Å²) >= 11 is 0. The van der Waals surface area contributed by atoms with Gasteiger partial charge in [0.2, 0.25) is 0 Å². The quantitative estimate of drug-likeness (QED) is 0.665. The van der Waals surface area contributed by atoms with Crippen molar-refractivity contribution < 1.29 is 28.2 Å². The van der Waals surface area contributed by atoms with Crippen molar-refractivity contribution in [2.75, 3.05) is 12.1 Å². The number of alkyl halides is 1. The number of ether oxygens (including phenoxy) is 2. The molecule has 1 fully saturated rings. The average molecular weight is 333 g/mol. The van der Waals surface area contributed by atoms with Crippen LogP contribution in [0.5, 0.6) is 0 Å². The van der Waals surface area contributed by atoms with E-state index in [0.29, 0.717) is 11.2 Å². The molecule has 0 amide bonds. The number of nitrogen functional groups attached to an aromatic ring is 1. The van der Waals surface area contributed by atoms with Crippen molar-refractivity contribution in [1.82, 2.24) is 19.5 Å². The molecule has 12 heteroatoms. The van der Waals surface area contributed by atoms with Crippen LogP contribution in [0.25, 0.3) is 11.2 Å². The van der Waals surface area contributed by atoms with Crippen LogP contribution in [0, 0.1) is 0 Å². The molecule has 0 saturated carbocycles. The van der Waals surface area contributed by atoms with Gasteiger partial charge in [0.25, 0.3) is 0 Å². The first-order chi connectivity index (χ1) is 10.3. The minimum atomic E-state index is -4.34. The molecule has 10 nitrogen and oxygen atoms in total. The Morgan fingerprint density at radius 3 is 3.00 bits per heavy atom. The second-order valence-electron chi connectivity index (χ2n) is 4.75. The fourth-order valence-electron chi connectivity index (χ4n) is 2.18. The van der Waals surface area contributed by atoms with E-state index >= 15 is 0 Å². The average Bonchev–Trinajstić information content (AvgIpc) is 3.00. The van der Waals surface area contributed by atoms with Crippen molar-refractivity contribution >= 4 is 24.6 Å². The minimum absolute atomic E-state index is 0.159. The van der Waals surface area contributed by atoms with Crippen LogP contribution in [0.15, 0.2) is 12.7 Å². The van der Waals surface area contributed by atoms with Gasteiger partial charge in [-0.05, 0) is 0 Å². The molecule has 0 unspecified atom stereocenters. The van der Waals surface area contributed by atoms with E-state index in [4.69, 9.17) is 25.0 Å². The Morgan fingerprint density at radius 2 is 2.27 bits per heavy atom. The maximum Gasteiger partial charge on any atom is 0.351 e. The van der Waals surface area contributed by atoms with E-state index in [-0.39, 0.29) is 12.2 Å². The van der Waals surface area contributed by atoms with Crippen molar-refractivity contribution in [1.29, 1.82) is 0 Å². The number of imidazole rings is 1. The lowest BCUT2D eigenvalue weighted by atomic mass is 10.3. The molecule has 0 aliphatic carbocycles. The first-order valence-electron chi connectivity index (χ1n) is 6.24. The lowest BCUT2D eigenvalue weighted by molar-refractivity contribution is -0.143. The Balaban J connectivity index is 1.80. The zero-order chi connectivity index (χ0) is 15.9. The Kier molecular flexibility index (Phi) is 3.83. The number of halogens is 1. The molecule has 0 bridgehead atoms. The van der Waals surface area contributed by atoms with Gasteiger partial charge in [-0.15, -0.1) is 0 Å². The Morgan fingerprint density at radius 1 is 1.50 bits per heavy atom. The van der Waals surface area contributed by atoms with Crippen molar-refractivity contribution in [2.24, 2.45) is 0 Å². The van der Waals surface area contributed by atoms with E-state index in [2.05, 4.69) is 15.0 Å². The van der Waals surface area contributed by atoms with Gasteiger partial charge in [-0.2, -0.15) is 0 Å². The molecular weight excluding hydrogens is 320 g/mol. The number of fused-ring (bicyclic) bond motifs is 1. The number of hydrogen-bond acceptors (Lipinski definition) is 7. The monoisotopic (exact) mass is 333 g/mol. The Labute approximate surface area is 123 Å². The molecule has 1 aliphatic rings. The number of rotatable bonds is 4. The summed E-state index contributed by atoms with van der Waals surface area (Å²) in [6.45, 7) is 0. The number of nitrogens with zero attached hydrogens (tertiary/aromatic N) is 4. The molecule has 2 aromatic heterocycles. The van der Waals surface area contributed by atoms with Gasteiger partial charge < -0.3 is 25.0 Å². The van der Waals surface area contributed by atoms with Gasteiger partial charge in [0.15, 0.2) is 36.5 Å². The lowest BCUT2D eigenvalue weighted by Crippen LogP contribution is -2.17. The van der Waals surface area contributed by atoms with E-state index in [1.54, 1.807) is 0 Å². The Bertz CT molecular complexity index is 736. The number of aromatic nitrogens is 4. The fourth-order valence-corrected chi connectivity index (χ4v) is 2.54. The highest BCUT2D eigenvalue weighted by molar-refractivity contribution is 7.51. The summed E-state index contributed by atoms with van der Waals surface area (Å²) in [5, 5.41) is 0. The number of nitrogens with two attached hydrogens (primary N) is 1. The van der Waals surface area contributed by atoms with E-state index in [1.165, 1.54) is 17.2 Å². The van der Waals surface area contributed by atoms with Gasteiger partial charge in [0.1, 0.15) is 11.8 Å². The SMILES string of the molecule is Nc1ncnc2c1ncn2[C@@H]1O[C@H](OCP(=O)(O)O)C[C@@H]1F. The van der Waals surface area contributed by atoms with Crippen LogP contribution in [-0.4, -0.2) is 48.1 Å². The number of anilines is 1. The summed E-state index contributed by atoms with van der Waals surface area (Å²) in [6.07, 6.45) is -2.04. The highest BCUT2D eigenvalue weighted by atomic mass is 31.2. The highest BCUT2D eigenvalue weighted by Crippen LogP contribution is 2.38. The second-order valence-corrected chi connectivity index (χ2v) is 6.34. The van der Waals surface area contributed by atoms with E-state index in [1.807, 2.05) is 0 Å². The zero-order valence-corrected chi connectivity index (χ0v) is 12.0. The summed E-state index contributed by atoms with van der Waals surface area (Å²) in [4.78, 5) is 29.3. The molecule has 22 heavy (non-hydrogen) atoms. The molecule has 0 spiro atoms. The van der Waals surface area contributed by atoms with Gasteiger partial charge >= 0.3 is 7.60 Å². The van der Waals surface area contributed by atoms with Crippen LogP contribution in [0.4, 0.5) is 10.2 Å². The van der Waals surface area contributed by atoms with E-state index in [9.17, 15) is 8.96 Å². The smallest absolute Gasteiger partial charge is 0.351 e. The molecule has 4 N–H and O–H groups in total. The number of hydrogen-bond donors (Lipinski definition) is 3. The van der Waals surface area contributed by atoms with Crippen molar-refractivity contribution in [3.8, 4) is 0 Å². The van der Waals surface area contributed by atoms with E-state index in [0.717, 1.165) is 0 Å². The van der Waals surface area contributed by atoms with E-state index < -0.39 is 32.6 Å². The fraction of sp³-hybridized carbons (Fsp3) is 0.500. The molecule has 3 atom stereocenters. The van der Waals surface area contributed by atoms with Crippen molar-refractivity contribution in [3.63, 3.8) is 0 Å². The molecule has 2 aromatic rings. The largest absolute Gasteiger partial charge is 0.382 e. The van der Waals surface area contributed by atoms with Gasteiger partial charge in [-0.3, -0.25) is 9.13 Å². The highest BCUT2D eigenvalue weighted by Gasteiger charge is 2.39. The molecular formula is C10H13FN5O5P. The third kappa shape index (κ3) is 2.94. The van der Waals surface area contributed by atoms with Gasteiger partial charge in [-0.1, -0.05) is 0 Å². The molecule has 1 saturated heterocycles. The van der Waals surface area contributed by atoms with Gasteiger partial charge in [-0.25, -0.2) is 19.3 Å². The first kappa shape index (κ1) is 15.3. The molecule has 0 aromatic carbocycles. The van der Waals surface area contributed by atoms with Crippen molar-refractivity contribution in [3.05, 3.63) is 12.7 Å². The lowest BCUT2D eigenvalue weighted by Gasteiger charge is -2.16. The first-order valence-corrected chi connectivity index (χ1v) is 8.03. The van der Waals surface area contributed by atoms with Gasteiger partial charge in [0.05, 0.1) is 6.33 Å². The molecule has 3 rings (SSSR count). The van der Waals surface area contributed by atoms with Crippen LogP contribution in [0.3, 0.4) is 0 Å². The third-order valence-electron chi connectivity index (χ3n) is 3.11. The molecule has 1 aliphatic heterocycles. The predicted octanol–water partition coefficient (Wildman–Crippen LogP) is 0.143. The summed E-state index contributed by atoms with van der Waals surface area (Å²) in [5.74, 6) is 0.159.